The van der Waals surface area contributed by atoms with Crippen LogP contribution in [0.15, 0.2) is 0 Å². The van der Waals surface area contributed by atoms with Gasteiger partial charge in [0.25, 0.3) is 0 Å². The second-order valence-corrected chi connectivity index (χ2v) is 6.51. The summed E-state index contributed by atoms with van der Waals surface area (Å²) in [5.74, 6) is 0. The lowest BCUT2D eigenvalue weighted by Gasteiger charge is -2.04. The number of hydrogen-bond donors (Lipinski definition) is 3. The van der Waals surface area contributed by atoms with Crippen molar-refractivity contribution in [1.82, 2.24) is 0 Å². The SMILES string of the molecule is CC(C)(C)O.CC(C)(C)O.CC(C)(C)O.[AlH]. The molecule has 0 saturated heterocycles. The van der Waals surface area contributed by atoms with E-state index in [0.29, 0.717) is 0 Å². The lowest BCUT2D eigenvalue weighted by Crippen LogP contribution is -2.10. The summed E-state index contributed by atoms with van der Waals surface area (Å²) in [5, 5.41) is 25.6. The molecule has 0 heterocycles. The highest BCUT2D eigenvalue weighted by Gasteiger charge is 1.98. The maximum absolute atomic E-state index is 8.52. The molecule has 16 heavy (non-hydrogen) atoms. The fraction of sp³-hybridized carbons (Fsp3) is 1.00. The molecule has 100 valence electrons. The monoisotopic (exact) mass is 250 g/mol. The number of aliphatic hydroxyl groups is 3. The van der Waals surface area contributed by atoms with Gasteiger partial charge in [-0.25, -0.2) is 0 Å². The topological polar surface area (TPSA) is 60.7 Å². The van der Waals surface area contributed by atoms with Crippen molar-refractivity contribution in [3.8, 4) is 0 Å². The Morgan fingerprint density at radius 3 is 0.438 bits per heavy atom. The molecule has 0 rings (SSSR count). The normalized spacial score (nSPS) is 11.2. The highest BCUT2D eigenvalue weighted by molar-refractivity contribution is 5.75. The molecule has 2 radical (unpaired) electrons. The van der Waals surface area contributed by atoms with Gasteiger partial charge in [-0.3, -0.25) is 0 Å². The van der Waals surface area contributed by atoms with Crippen LogP contribution in [0.5, 0.6) is 0 Å². The van der Waals surface area contributed by atoms with Gasteiger partial charge in [-0.15, -0.1) is 0 Å². The first-order valence-corrected chi connectivity index (χ1v) is 5.17. The molecule has 3 N–H and O–H groups in total. The average Bonchev–Trinajstić information content (AvgIpc) is 1.41. The van der Waals surface area contributed by atoms with E-state index in [1.54, 1.807) is 62.3 Å². The maximum Gasteiger partial charge on any atom is 0.0854 e. The van der Waals surface area contributed by atoms with Crippen LogP contribution in [0.2, 0.25) is 0 Å². The molecule has 3 nitrogen and oxygen atoms in total. The summed E-state index contributed by atoms with van der Waals surface area (Å²) in [6, 6.07) is 0. The third kappa shape index (κ3) is 15200. The minimum atomic E-state index is -0.500. The van der Waals surface area contributed by atoms with Crippen LogP contribution in [-0.4, -0.2) is 49.5 Å². The van der Waals surface area contributed by atoms with Gasteiger partial charge in [-0.1, -0.05) is 0 Å². The van der Waals surface area contributed by atoms with Gasteiger partial charge in [-0.05, 0) is 62.3 Å². The molecule has 0 saturated carbocycles. The van der Waals surface area contributed by atoms with Crippen molar-refractivity contribution in [1.29, 1.82) is 0 Å². The van der Waals surface area contributed by atoms with Crippen LogP contribution in [0, 0.1) is 0 Å². The average molecular weight is 250 g/mol. The van der Waals surface area contributed by atoms with Gasteiger partial charge in [0.05, 0.1) is 34.2 Å². The molecule has 0 spiro atoms. The molecular formula is C12H31AlO3. The van der Waals surface area contributed by atoms with Crippen molar-refractivity contribution in [3.05, 3.63) is 0 Å². The van der Waals surface area contributed by atoms with E-state index in [1.165, 1.54) is 0 Å². The fourth-order valence-electron chi connectivity index (χ4n) is 0. The minimum Gasteiger partial charge on any atom is -0.391 e. The van der Waals surface area contributed by atoms with Crippen molar-refractivity contribution in [3.63, 3.8) is 0 Å². The molecule has 0 aromatic carbocycles. The van der Waals surface area contributed by atoms with Gasteiger partial charge < -0.3 is 15.3 Å². The molecule has 0 aromatic heterocycles. The molecular weight excluding hydrogens is 219 g/mol. The molecule has 0 aromatic rings. The van der Waals surface area contributed by atoms with Gasteiger partial charge in [0.15, 0.2) is 0 Å². The molecule has 0 fully saturated rings. The summed E-state index contributed by atoms with van der Waals surface area (Å²) >= 11 is 0. The van der Waals surface area contributed by atoms with Crippen LogP contribution < -0.4 is 0 Å². The quantitative estimate of drug-likeness (QED) is 0.573. The summed E-state index contributed by atoms with van der Waals surface area (Å²) < 4.78 is 0. The summed E-state index contributed by atoms with van der Waals surface area (Å²) in [4.78, 5) is 0. The molecule has 0 aliphatic rings. The highest BCUT2D eigenvalue weighted by Crippen LogP contribution is 1.94. The molecule has 0 unspecified atom stereocenters. The predicted molar refractivity (Wildman–Crippen MR) is 73.1 cm³/mol. The van der Waals surface area contributed by atoms with Crippen LogP contribution in [0.25, 0.3) is 0 Å². The first kappa shape index (κ1) is 25.3. The Morgan fingerprint density at radius 2 is 0.438 bits per heavy atom. The maximum atomic E-state index is 8.52. The van der Waals surface area contributed by atoms with Gasteiger partial charge in [-0.2, -0.15) is 0 Å². The number of hydrogen-bond acceptors (Lipinski definition) is 3. The molecule has 0 aliphatic carbocycles. The van der Waals surface area contributed by atoms with Crippen molar-refractivity contribution < 1.29 is 15.3 Å². The lowest BCUT2D eigenvalue weighted by atomic mass is 10.2. The van der Waals surface area contributed by atoms with Gasteiger partial charge in [0, 0.05) is 0 Å². The standard InChI is InChI=1S/3C4H10O.Al.H/c3*1-4(2,3)5;;/h3*5H,1-3H3;;. The van der Waals surface area contributed by atoms with E-state index in [2.05, 4.69) is 0 Å². The van der Waals surface area contributed by atoms with Crippen molar-refractivity contribution in [2.24, 2.45) is 0 Å². The largest absolute Gasteiger partial charge is 0.391 e. The number of rotatable bonds is 0. The second kappa shape index (κ2) is 9.44. The van der Waals surface area contributed by atoms with Crippen LogP contribution >= 0.6 is 0 Å². The highest BCUT2D eigenvalue weighted by atomic mass is 27.0. The lowest BCUT2D eigenvalue weighted by molar-refractivity contribution is 0.101. The Balaban J connectivity index is -0.0000000655. The van der Waals surface area contributed by atoms with E-state index in [0.717, 1.165) is 0 Å². The Labute approximate surface area is 112 Å². The van der Waals surface area contributed by atoms with E-state index < -0.39 is 16.8 Å². The van der Waals surface area contributed by atoms with E-state index in [9.17, 15) is 0 Å². The van der Waals surface area contributed by atoms with Crippen molar-refractivity contribution in [2.75, 3.05) is 0 Å². The third-order valence-electron chi connectivity index (χ3n) is 0. The Hall–Kier alpha value is 0.412. The van der Waals surface area contributed by atoms with E-state index in [-0.39, 0.29) is 17.4 Å². The van der Waals surface area contributed by atoms with Gasteiger partial charge >= 0.3 is 0 Å². The molecule has 0 aliphatic heterocycles. The zero-order chi connectivity index (χ0) is 13.5. The first-order chi connectivity index (χ1) is 6.00. The van der Waals surface area contributed by atoms with Gasteiger partial charge in [0.1, 0.15) is 0 Å². The summed E-state index contributed by atoms with van der Waals surface area (Å²) in [6.45, 7) is 15.7. The summed E-state index contributed by atoms with van der Waals surface area (Å²) in [7, 11) is 0. The zero-order valence-corrected chi connectivity index (χ0v) is 14.0. The fourth-order valence-corrected chi connectivity index (χ4v) is 0. The third-order valence-corrected chi connectivity index (χ3v) is 0. The summed E-state index contributed by atoms with van der Waals surface area (Å²) in [6.07, 6.45) is 0. The van der Waals surface area contributed by atoms with Crippen molar-refractivity contribution in [2.45, 2.75) is 79.1 Å². The predicted octanol–water partition coefficient (Wildman–Crippen LogP) is 1.68. The van der Waals surface area contributed by atoms with Gasteiger partial charge in [0.2, 0.25) is 0 Å². The smallest absolute Gasteiger partial charge is 0.0854 e. The Morgan fingerprint density at radius 1 is 0.438 bits per heavy atom. The molecule has 4 heteroatoms. The van der Waals surface area contributed by atoms with E-state index >= 15 is 0 Å². The minimum absolute atomic E-state index is 0. The first-order valence-electron chi connectivity index (χ1n) is 5.17. The van der Waals surface area contributed by atoms with Crippen LogP contribution in [0.1, 0.15) is 62.3 Å². The molecule has 0 bridgehead atoms. The van der Waals surface area contributed by atoms with Crippen LogP contribution in [-0.2, 0) is 0 Å². The van der Waals surface area contributed by atoms with Crippen molar-refractivity contribution >= 4 is 17.4 Å². The Bertz CT molecular complexity index is 91.3. The second-order valence-electron chi connectivity index (χ2n) is 6.51. The van der Waals surface area contributed by atoms with E-state index in [4.69, 9.17) is 15.3 Å². The molecule has 0 atom stereocenters. The van der Waals surface area contributed by atoms with Crippen LogP contribution in [0.4, 0.5) is 0 Å². The Kier molecular flexibility index (Phi) is 14.9. The van der Waals surface area contributed by atoms with E-state index in [1.807, 2.05) is 0 Å². The molecule has 0 amide bonds. The van der Waals surface area contributed by atoms with Crippen LogP contribution in [0.3, 0.4) is 0 Å². The summed E-state index contributed by atoms with van der Waals surface area (Å²) in [5.41, 5.74) is -1.50. The zero-order valence-electron chi connectivity index (χ0n) is 12.5.